The third-order valence-corrected chi connectivity index (χ3v) is 5.10. The molecular weight excluding hydrogens is 278 g/mol. The molecule has 0 aromatic carbocycles. The second-order valence-corrected chi connectivity index (χ2v) is 6.63. The van der Waals surface area contributed by atoms with Crippen LogP contribution >= 0.6 is 0 Å². The third-order valence-electron chi connectivity index (χ3n) is 5.10. The number of pyridine rings is 1. The second-order valence-electron chi connectivity index (χ2n) is 6.63. The van der Waals surface area contributed by atoms with Gasteiger partial charge in [0.05, 0.1) is 6.42 Å². The van der Waals surface area contributed by atoms with Crippen LogP contribution in [0.3, 0.4) is 0 Å². The standard InChI is InChI=1S/C17H23N3O2/c1-19-13-17(6-5-15(19)21)7-10-20(11-8-17)16(22)12-14-4-2-3-9-18-14/h2-4,9H,5-8,10-13H2,1H3. The van der Waals surface area contributed by atoms with E-state index >= 15 is 0 Å². The molecule has 2 amide bonds. The fourth-order valence-corrected chi connectivity index (χ4v) is 3.64. The zero-order valence-corrected chi connectivity index (χ0v) is 13.1. The Balaban J connectivity index is 1.55. The van der Waals surface area contributed by atoms with Crippen molar-refractivity contribution in [2.24, 2.45) is 5.41 Å². The van der Waals surface area contributed by atoms with Gasteiger partial charge in [-0.3, -0.25) is 14.6 Å². The molecule has 5 heteroatoms. The highest BCUT2D eigenvalue weighted by Gasteiger charge is 2.40. The van der Waals surface area contributed by atoms with E-state index in [0.717, 1.165) is 44.6 Å². The SMILES string of the molecule is CN1CC2(CCC1=O)CCN(C(=O)Cc1ccccn1)CC2. The molecule has 22 heavy (non-hydrogen) atoms. The van der Waals surface area contributed by atoms with E-state index < -0.39 is 0 Å². The number of amides is 2. The number of likely N-dealkylation sites (tertiary alicyclic amines) is 2. The number of hydrogen-bond donors (Lipinski definition) is 0. The van der Waals surface area contributed by atoms with E-state index in [9.17, 15) is 9.59 Å². The highest BCUT2D eigenvalue weighted by Crippen LogP contribution is 2.39. The molecule has 1 aromatic heterocycles. The minimum absolute atomic E-state index is 0.161. The fourth-order valence-electron chi connectivity index (χ4n) is 3.64. The van der Waals surface area contributed by atoms with E-state index in [1.165, 1.54) is 0 Å². The molecular formula is C17H23N3O2. The van der Waals surface area contributed by atoms with Crippen molar-refractivity contribution < 1.29 is 9.59 Å². The smallest absolute Gasteiger partial charge is 0.228 e. The first kappa shape index (κ1) is 15.0. The Hall–Kier alpha value is -1.91. The summed E-state index contributed by atoms with van der Waals surface area (Å²) < 4.78 is 0. The first-order valence-corrected chi connectivity index (χ1v) is 8.00. The summed E-state index contributed by atoms with van der Waals surface area (Å²) in [5.41, 5.74) is 1.06. The lowest BCUT2D eigenvalue weighted by Gasteiger charge is -2.46. The van der Waals surface area contributed by atoms with Crippen LogP contribution in [0.1, 0.15) is 31.4 Å². The molecule has 0 unspecified atom stereocenters. The molecule has 1 aromatic rings. The largest absolute Gasteiger partial charge is 0.345 e. The molecule has 0 N–H and O–H groups in total. The maximum atomic E-state index is 12.4. The summed E-state index contributed by atoms with van der Waals surface area (Å²) in [6.45, 7) is 2.44. The minimum atomic E-state index is 0.161. The molecule has 0 aliphatic carbocycles. The summed E-state index contributed by atoms with van der Waals surface area (Å²) in [6, 6.07) is 5.67. The number of hydrogen-bond acceptors (Lipinski definition) is 3. The van der Waals surface area contributed by atoms with Gasteiger partial charge < -0.3 is 9.80 Å². The van der Waals surface area contributed by atoms with Gasteiger partial charge in [0.1, 0.15) is 0 Å². The zero-order chi connectivity index (χ0) is 15.6. The summed E-state index contributed by atoms with van der Waals surface area (Å²) in [4.78, 5) is 32.1. The lowest BCUT2D eigenvalue weighted by atomic mass is 9.72. The summed E-state index contributed by atoms with van der Waals surface area (Å²) in [5.74, 6) is 0.410. The number of piperidine rings is 2. The van der Waals surface area contributed by atoms with Gasteiger partial charge in [-0.2, -0.15) is 0 Å². The van der Waals surface area contributed by atoms with Crippen LogP contribution in [0.5, 0.6) is 0 Å². The normalized spacial score (nSPS) is 21.2. The molecule has 1 spiro atoms. The van der Waals surface area contributed by atoms with Crippen molar-refractivity contribution in [3.05, 3.63) is 30.1 Å². The summed E-state index contributed by atoms with van der Waals surface area (Å²) >= 11 is 0. The van der Waals surface area contributed by atoms with E-state index in [1.807, 2.05) is 35.0 Å². The second kappa shape index (κ2) is 6.07. The van der Waals surface area contributed by atoms with Gasteiger partial charge >= 0.3 is 0 Å². The van der Waals surface area contributed by atoms with Gasteiger partial charge in [-0.05, 0) is 36.8 Å². The number of carbonyl (C=O) groups excluding carboxylic acids is 2. The Morgan fingerprint density at radius 3 is 2.68 bits per heavy atom. The Kier molecular flexibility index (Phi) is 4.14. The number of nitrogens with zero attached hydrogens (tertiary/aromatic N) is 3. The zero-order valence-electron chi connectivity index (χ0n) is 13.1. The number of carbonyl (C=O) groups is 2. The highest BCUT2D eigenvalue weighted by molar-refractivity contribution is 5.78. The van der Waals surface area contributed by atoms with Crippen LogP contribution in [0.2, 0.25) is 0 Å². The van der Waals surface area contributed by atoms with Crippen molar-refractivity contribution in [1.29, 1.82) is 0 Å². The molecule has 0 radical (unpaired) electrons. The molecule has 3 rings (SSSR count). The third kappa shape index (κ3) is 3.13. The Labute approximate surface area is 131 Å². The molecule has 0 saturated carbocycles. The Morgan fingerprint density at radius 2 is 2.05 bits per heavy atom. The fraction of sp³-hybridized carbons (Fsp3) is 0.588. The first-order chi connectivity index (χ1) is 10.6. The van der Waals surface area contributed by atoms with E-state index in [0.29, 0.717) is 12.8 Å². The molecule has 2 aliphatic heterocycles. The van der Waals surface area contributed by atoms with Gasteiger partial charge in [0.15, 0.2) is 0 Å². The molecule has 5 nitrogen and oxygen atoms in total. The molecule has 0 bridgehead atoms. The molecule has 3 heterocycles. The van der Waals surface area contributed by atoms with Crippen LogP contribution in [0.15, 0.2) is 24.4 Å². The van der Waals surface area contributed by atoms with E-state index in [-0.39, 0.29) is 17.2 Å². The average Bonchev–Trinajstić information content (AvgIpc) is 2.53. The van der Waals surface area contributed by atoms with Crippen molar-refractivity contribution in [3.63, 3.8) is 0 Å². The Bertz CT molecular complexity index is 550. The van der Waals surface area contributed by atoms with Crippen molar-refractivity contribution >= 4 is 11.8 Å². The summed E-state index contributed by atoms with van der Waals surface area (Å²) in [6.07, 6.45) is 5.73. The van der Waals surface area contributed by atoms with Crippen LogP contribution in [-0.2, 0) is 16.0 Å². The average molecular weight is 301 g/mol. The van der Waals surface area contributed by atoms with Crippen molar-refractivity contribution in [2.75, 3.05) is 26.7 Å². The van der Waals surface area contributed by atoms with Crippen molar-refractivity contribution in [2.45, 2.75) is 32.1 Å². The number of aromatic nitrogens is 1. The van der Waals surface area contributed by atoms with E-state index in [4.69, 9.17) is 0 Å². The summed E-state index contributed by atoms with van der Waals surface area (Å²) in [5, 5.41) is 0. The van der Waals surface area contributed by atoms with Crippen LogP contribution < -0.4 is 0 Å². The van der Waals surface area contributed by atoms with Crippen LogP contribution in [0, 0.1) is 5.41 Å². The predicted molar refractivity (Wildman–Crippen MR) is 83.1 cm³/mol. The monoisotopic (exact) mass is 301 g/mol. The first-order valence-electron chi connectivity index (χ1n) is 8.00. The molecule has 2 fully saturated rings. The van der Waals surface area contributed by atoms with Crippen LogP contribution in [-0.4, -0.2) is 53.3 Å². The van der Waals surface area contributed by atoms with Crippen LogP contribution in [0.25, 0.3) is 0 Å². The molecule has 2 saturated heterocycles. The lowest BCUT2D eigenvalue weighted by molar-refractivity contribution is -0.140. The predicted octanol–water partition coefficient (Wildman–Crippen LogP) is 1.49. The molecule has 0 atom stereocenters. The quantitative estimate of drug-likeness (QED) is 0.831. The lowest BCUT2D eigenvalue weighted by Crippen LogP contribution is -2.51. The van der Waals surface area contributed by atoms with Gasteiger partial charge in [0.25, 0.3) is 0 Å². The van der Waals surface area contributed by atoms with Crippen molar-refractivity contribution in [1.82, 2.24) is 14.8 Å². The van der Waals surface area contributed by atoms with Gasteiger partial charge in [-0.1, -0.05) is 6.07 Å². The van der Waals surface area contributed by atoms with Gasteiger partial charge in [-0.15, -0.1) is 0 Å². The Morgan fingerprint density at radius 1 is 1.27 bits per heavy atom. The topological polar surface area (TPSA) is 53.5 Å². The number of rotatable bonds is 2. The molecule has 118 valence electrons. The summed E-state index contributed by atoms with van der Waals surface area (Å²) in [7, 11) is 1.89. The molecule has 2 aliphatic rings. The van der Waals surface area contributed by atoms with E-state index in [2.05, 4.69) is 4.98 Å². The minimum Gasteiger partial charge on any atom is -0.345 e. The highest BCUT2D eigenvalue weighted by atomic mass is 16.2. The van der Waals surface area contributed by atoms with Crippen molar-refractivity contribution in [3.8, 4) is 0 Å². The van der Waals surface area contributed by atoms with Gasteiger partial charge in [-0.25, -0.2) is 0 Å². The van der Waals surface area contributed by atoms with Gasteiger partial charge in [0.2, 0.25) is 11.8 Å². The van der Waals surface area contributed by atoms with Gasteiger partial charge in [0, 0.05) is 45.0 Å². The van der Waals surface area contributed by atoms with E-state index in [1.54, 1.807) is 6.20 Å². The maximum absolute atomic E-state index is 12.4. The van der Waals surface area contributed by atoms with Crippen LogP contribution in [0.4, 0.5) is 0 Å². The maximum Gasteiger partial charge on any atom is 0.228 e.